The van der Waals surface area contributed by atoms with Gasteiger partial charge in [0.15, 0.2) is 11.5 Å². The van der Waals surface area contributed by atoms with Gasteiger partial charge in [0.25, 0.3) is 0 Å². The Balaban J connectivity index is 3.09. The van der Waals surface area contributed by atoms with Crippen molar-refractivity contribution in [3.05, 3.63) is 17.7 Å². The number of hydrogen-bond acceptors (Lipinski definition) is 5. The van der Waals surface area contributed by atoms with Crippen molar-refractivity contribution in [2.45, 2.75) is 6.92 Å². The molecule has 0 amide bonds. The van der Waals surface area contributed by atoms with Gasteiger partial charge in [-0.05, 0) is 6.92 Å². The van der Waals surface area contributed by atoms with Crippen molar-refractivity contribution in [2.24, 2.45) is 0 Å². The van der Waals surface area contributed by atoms with Gasteiger partial charge in [0.1, 0.15) is 11.3 Å². The first-order valence-electron chi connectivity index (χ1n) is 3.98. The first kappa shape index (κ1) is 10.2. The second kappa shape index (κ2) is 3.87. The third-order valence-corrected chi connectivity index (χ3v) is 1.59. The van der Waals surface area contributed by atoms with E-state index in [1.807, 2.05) is 0 Å². The van der Waals surface area contributed by atoms with Crippen LogP contribution in [-0.4, -0.2) is 27.9 Å². The number of esters is 1. The van der Waals surface area contributed by atoms with E-state index < -0.39 is 23.2 Å². The van der Waals surface area contributed by atoms with E-state index in [4.69, 9.17) is 10.2 Å². The molecule has 0 aliphatic rings. The molecule has 0 atom stereocenters. The summed E-state index contributed by atoms with van der Waals surface area (Å²) < 4.78 is 4.61. The third kappa shape index (κ3) is 1.87. The van der Waals surface area contributed by atoms with E-state index in [1.165, 1.54) is 0 Å². The molecule has 0 radical (unpaired) electrons. The van der Waals surface area contributed by atoms with Crippen LogP contribution in [0, 0.1) is 0 Å². The summed E-state index contributed by atoms with van der Waals surface area (Å²) in [6.45, 7) is 1.79. The Bertz CT molecular complexity index is 358. The van der Waals surface area contributed by atoms with Gasteiger partial charge in [0, 0.05) is 12.1 Å². The first-order chi connectivity index (χ1) is 6.56. The molecule has 0 saturated heterocycles. The number of phenolic OH excluding ortho intramolecular Hbond substituents is 3. The lowest BCUT2D eigenvalue weighted by Crippen LogP contribution is -2.04. The minimum absolute atomic E-state index is 0.167. The van der Waals surface area contributed by atoms with Crippen LogP contribution in [0.4, 0.5) is 0 Å². The standard InChI is InChI=1S/C9H10O5/c1-2-14-9(13)5-3-7(11)8(12)4-6(5)10/h3-4,10-12H,2H2,1H3. The van der Waals surface area contributed by atoms with Gasteiger partial charge in [0.2, 0.25) is 0 Å². The van der Waals surface area contributed by atoms with Crippen LogP contribution in [0.25, 0.3) is 0 Å². The maximum absolute atomic E-state index is 11.2. The summed E-state index contributed by atoms with van der Waals surface area (Å²) >= 11 is 0. The molecular weight excluding hydrogens is 188 g/mol. The highest BCUT2D eigenvalue weighted by Crippen LogP contribution is 2.32. The predicted octanol–water partition coefficient (Wildman–Crippen LogP) is 0.980. The van der Waals surface area contributed by atoms with Crippen LogP contribution >= 0.6 is 0 Å². The third-order valence-electron chi connectivity index (χ3n) is 1.59. The van der Waals surface area contributed by atoms with Crippen LogP contribution in [0.5, 0.6) is 17.2 Å². The number of phenols is 3. The van der Waals surface area contributed by atoms with E-state index in [1.54, 1.807) is 6.92 Å². The van der Waals surface area contributed by atoms with Crippen LogP contribution in [0.2, 0.25) is 0 Å². The second-order valence-corrected chi connectivity index (χ2v) is 2.58. The smallest absolute Gasteiger partial charge is 0.342 e. The van der Waals surface area contributed by atoms with Gasteiger partial charge in [-0.15, -0.1) is 0 Å². The van der Waals surface area contributed by atoms with Crippen LogP contribution in [0.3, 0.4) is 0 Å². The number of rotatable bonds is 2. The van der Waals surface area contributed by atoms with Crippen LogP contribution in [0.15, 0.2) is 12.1 Å². The largest absolute Gasteiger partial charge is 0.507 e. The topological polar surface area (TPSA) is 87.0 Å². The summed E-state index contributed by atoms with van der Waals surface area (Å²) in [6.07, 6.45) is 0. The van der Waals surface area contributed by atoms with Gasteiger partial charge in [-0.3, -0.25) is 0 Å². The zero-order valence-electron chi connectivity index (χ0n) is 7.52. The molecule has 76 valence electrons. The number of ether oxygens (including phenoxy) is 1. The van der Waals surface area contributed by atoms with Crippen LogP contribution < -0.4 is 0 Å². The lowest BCUT2D eigenvalue weighted by atomic mass is 10.2. The van der Waals surface area contributed by atoms with Crippen molar-refractivity contribution < 1.29 is 24.9 Å². The summed E-state index contributed by atoms with van der Waals surface area (Å²) in [5.74, 6) is -2.15. The molecule has 5 heteroatoms. The predicted molar refractivity (Wildman–Crippen MR) is 47.4 cm³/mol. The van der Waals surface area contributed by atoms with E-state index >= 15 is 0 Å². The van der Waals surface area contributed by atoms with E-state index in [0.29, 0.717) is 0 Å². The Morgan fingerprint density at radius 3 is 2.36 bits per heavy atom. The van der Waals surface area contributed by atoms with Crippen molar-refractivity contribution >= 4 is 5.97 Å². The molecule has 1 rings (SSSR count). The molecule has 0 aliphatic carbocycles. The SMILES string of the molecule is CCOC(=O)c1cc(O)c(O)cc1O. The van der Waals surface area contributed by atoms with Crippen molar-refractivity contribution in [1.29, 1.82) is 0 Å². The summed E-state index contributed by atoms with van der Waals surface area (Å²) in [7, 11) is 0. The minimum atomic E-state index is -0.750. The average molecular weight is 198 g/mol. The molecule has 0 saturated carbocycles. The fourth-order valence-corrected chi connectivity index (χ4v) is 0.938. The molecule has 3 N–H and O–H groups in total. The number of carbonyl (C=O) groups is 1. The quantitative estimate of drug-likeness (QED) is 0.374. The molecule has 1 aromatic rings. The van der Waals surface area contributed by atoms with Gasteiger partial charge < -0.3 is 20.1 Å². The average Bonchev–Trinajstić information content (AvgIpc) is 2.11. The monoisotopic (exact) mass is 198 g/mol. The normalized spacial score (nSPS) is 9.79. The van der Waals surface area contributed by atoms with Gasteiger partial charge in [0.05, 0.1) is 6.61 Å². The highest BCUT2D eigenvalue weighted by Gasteiger charge is 2.15. The molecule has 0 aliphatic heterocycles. The van der Waals surface area contributed by atoms with Crippen molar-refractivity contribution in [3.8, 4) is 17.2 Å². The Morgan fingerprint density at radius 2 is 1.79 bits per heavy atom. The molecule has 1 aromatic carbocycles. The van der Waals surface area contributed by atoms with Crippen molar-refractivity contribution in [3.63, 3.8) is 0 Å². The van der Waals surface area contributed by atoms with E-state index in [-0.39, 0.29) is 12.2 Å². The number of aromatic hydroxyl groups is 3. The van der Waals surface area contributed by atoms with E-state index in [9.17, 15) is 9.90 Å². The van der Waals surface area contributed by atoms with Crippen molar-refractivity contribution in [2.75, 3.05) is 6.61 Å². The molecular formula is C9H10O5. The van der Waals surface area contributed by atoms with Gasteiger partial charge in [-0.25, -0.2) is 4.79 Å². The van der Waals surface area contributed by atoms with Gasteiger partial charge in [-0.2, -0.15) is 0 Å². The molecule has 0 aromatic heterocycles. The Labute approximate surface area is 80.2 Å². The highest BCUT2D eigenvalue weighted by atomic mass is 16.5. The summed E-state index contributed by atoms with van der Waals surface area (Å²) in [5.41, 5.74) is -0.179. The van der Waals surface area contributed by atoms with Crippen LogP contribution in [0.1, 0.15) is 17.3 Å². The van der Waals surface area contributed by atoms with Gasteiger partial charge in [-0.1, -0.05) is 0 Å². The summed E-state index contributed by atoms with van der Waals surface area (Å²) in [5, 5.41) is 27.3. The Hall–Kier alpha value is -1.91. The maximum atomic E-state index is 11.2. The zero-order chi connectivity index (χ0) is 10.7. The number of hydrogen-bond donors (Lipinski definition) is 3. The Morgan fingerprint density at radius 1 is 1.21 bits per heavy atom. The Kier molecular flexibility index (Phi) is 2.81. The summed E-state index contributed by atoms with van der Waals surface area (Å²) in [6, 6.07) is 1.82. The molecule has 0 fully saturated rings. The van der Waals surface area contributed by atoms with E-state index in [2.05, 4.69) is 4.74 Å². The molecule has 0 spiro atoms. The van der Waals surface area contributed by atoms with E-state index in [0.717, 1.165) is 12.1 Å². The molecule has 0 unspecified atom stereocenters. The molecule has 5 nitrogen and oxygen atoms in total. The molecule has 0 bridgehead atoms. The maximum Gasteiger partial charge on any atom is 0.342 e. The fourth-order valence-electron chi connectivity index (χ4n) is 0.938. The lowest BCUT2D eigenvalue weighted by molar-refractivity contribution is 0.0522. The molecule has 14 heavy (non-hydrogen) atoms. The second-order valence-electron chi connectivity index (χ2n) is 2.58. The zero-order valence-corrected chi connectivity index (χ0v) is 7.52. The van der Waals surface area contributed by atoms with Gasteiger partial charge >= 0.3 is 5.97 Å². The lowest BCUT2D eigenvalue weighted by Gasteiger charge is -2.05. The first-order valence-corrected chi connectivity index (χ1v) is 3.98. The molecule has 0 heterocycles. The fraction of sp³-hybridized carbons (Fsp3) is 0.222. The van der Waals surface area contributed by atoms with Crippen LogP contribution in [-0.2, 0) is 4.74 Å². The summed E-state index contributed by atoms with van der Waals surface area (Å²) in [4.78, 5) is 11.2. The van der Waals surface area contributed by atoms with Crippen molar-refractivity contribution in [1.82, 2.24) is 0 Å². The highest BCUT2D eigenvalue weighted by molar-refractivity contribution is 5.93. The number of benzene rings is 1. The minimum Gasteiger partial charge on any atom is -0.507 e. The number of carbonyl (C=O) groups excluding carboxylic acids is 1.